The fraction of sp³-hybridized carbons (Fsp3) is 0.200. The van der Waals surface area contributed by atoms with Crippen LogP contribution < -0.4 is 16.6 Å². The molecular formula is C15H16N4OS. The van der Waals surface area contributed by atoms with Gasteiger partial charge in [0.15, 0.2) is 0 Å². The molecule has 6 heteroatoms. The van der Waals surface area contributed by atoms with Crippen LogP contribution in [0.5, 0.6) is 0 Å². The molecule has 0 spiro atoms. The molecule has 0 amide bonds. The Morgan fingerprint density at radius 2 is 2.10 bits per heavy atom. The number of nitrogens with one attached hydrogen (secondary N) is 2. The Morgan fingerprint density at radius 1 is 1.33 bits per heavy atom. The molecule has 2 heterocycles. The Labute approximate surface area is 125 Å². The summed E-state index contributed by atoms with van der Waals surface area (Å²) in [6, 6.07) is 10.0. The molecule has 1 aromatic carbocycles. The molecule has 108 valence electrons. The van der Waals surface area contributed by atoms with Crippen LogP contribution in [0.1, 0.15) is 5.56 Å². The topological polar surface area (TPSA) is 83.8 Å². The monoisotopic (exact) mass is 300 g/mol. The van der Waals surface area contributed by atoms with Gasteiger partial charge in [0.2, 0.25) is 5.95 Å². The number of H-pyrrole nitrogens is 1. The number of aromatic amines is 1. The number of aromatic nitrogens is 2. The highest BCUT2D eigenvalue weighted by Crippen LogP contribution is 2.35. The number of anilines is 1. The van der Waals surface area contributed by atoms with Gasteiger partial charge in [-0.15, -0.1) is 11.3 Å². The third-order valence-corrected chi connectivity index (χ3v) is 4.51. The lowest BCUT2D eigenvalue weighted by atomic mass is 10.1. The SMILES string of the molecule is Cc1c(-c2ccccc2)sc2nc(NCCN)[nH]c(=O)c12. The molecule has 0 radical (unpaired) electrons. The molecule has 0 fully saturated rings. The summed E-state index contributed by atoms with van der Waals surface area (Å²) in [5.74, 6) is 0.471. The number of aryl methyl sites for hydroxylation is 1. The van der Waals surface area contributed by atoms with Gasteiger partial charge in [0.05, 0.1) is 5.39 Å². The van der Waals surface area contributed by atoms with E-state index in [-0.39, 0.29) is 5.56 Å². The second kappa shape index (κ2) is 5.67. The van der Waals surface area contributed by atoms with Crippen LogP contribution in [-0.2, 0) is 0 Å². The first-order valence-corrected chi connectivity index (χ1v) is 7.55. The number of nitrogens with two attached hydrogens (primary N) is 1. The summed E-state index contributed by atoms with van der Waals surface area (Å²) in [5, 5.41) is 3.67. The third kappa shape index (κ3) is 2.55. The van der Waals surface area contributed by atoms with Crippen molar-refractivity contribution in [1.29, 1.82) is 0 Å². The fourth-order valence-electron chi connectivity index (χ4n) is 2.28. The van der Waals surface area contributed by atoms with Crippen LogP contribution in [-0.4, -0.2) is 23.1 Å². The quantitative estimate of drug-likeness (QED) is 0.690. The minimum absolute atomic E-state index is 0.115. The highest BCUT2D eigenvalue weighted by Gasteiger charge is 2.15. The van der Waals surface area contributed by atoms with Crippen LogP contribution in [0.2, 0.25) is 0 Å². The van der Waals surface area contributed by atoms with E-state index in [1.54, 1.807) is 0 Å². The largest absolute Gasteiger partial charge is 0.354 e. The Hall–Kier alpha value is -2.18. The van der Waals surface area contributed by atoms with Gasteiger partial charge in [-0.05, 0) is 18.1 Å². The second-order valence-corrected chi connectivity index (χ2v) is 5.73. The summed E-state index contributed by atoms with van der Waals surface area (Å²) in [5.41, 5.74) is 7.41. The first-order valence-electron chi connectivity index (χ1n) is 6.73. The first kappa shape index (κ1) is 13.8. The highest BCUT2D eigenvalue weighted by atomic mass is 32.1. The molecule has 4 N–H and O–H groups in total. The lowest BCUT2D eigenvalue weighted by Crippen LogP contribution is -2.18. The number of fused-ring (bicyclic) bond motifs is 1. The number of nitrogens with zero attached hydrogens (tertiary/aromatic N) is 1. The van der Waals surface area contributed by atoms with Crippen molar-refractivity contribution in [3.63, 3.8) is 0 Å². The predicted octanol–water partition coefficient (Wildman–Crippen LogP) is 2.33. The highest BCUT2D eigenvalue weighted by molar-refractivity contribution is 7.22. The van der Waals surface area contributed by atoms with Crippen molar-refractivity contribution in [2.75, 3.05) is 18.4 Å². The average Bonchev–Trinajstić information content (AvgIpc) is 2.83. The average molecular weight is 300 g/mol. The summed E-state index contributed by atoms with van der Waals surface area (Å²) in [7, 11) is 0. The van der Waals surface area contributed by atoms with Crippen LogP contribution in [0, 0.1) is 6.92 Å². The van der Waals surface area contributed by atoms with Gasteiger partial charge in [-0.3, -0.25) is 9.78 Å². The van der Waals surface area contributed by atoms with Crippen molar-refractivity contribution in [3.05, 3.63) is 46.2 Å². The van der Waals surface area contributed by atoms with Crippen LogP contribution in [0.3, 0.4) is 0 Å². The maximum atomic E-state index is 12.3. The van der Waals surface area contributed by atoms with E-state index in [4.69, 9.17) is 5.73 Å². The van der Waals surface area contributed by atoms with Gasteiger partial charge >= 0.3 is 0 Å². The molecule has 0 aliphatic rings. The summed E-state index contributed by atoms with van der Waals surface area (Å²) in [6.07, 6.45) is 0. The van der Waals surface area contributed by atoms with Gasteiger partial charge in [0.25, 0.3) is 5.56 Å². The molecule has 0 saturated heterocycles. The van der Waals surface area contributed by atoms with Crippen molar-refractivity contribution in [2.24, 2.45) is 5.73 Å². The lowest BCUT2D eigenvalue weighted by Gasteiger charge is -2.02. The van der Waals surface area contributed by atoms with E-state index in [1.807, 2.05) is 37.3 Å². The molecule has 3 aromatic rings. The Morgan fingerprint density at radius 3 is 2.81 bits per heavy atom. The molecule has 0 bridgehead atoms. The normalized spacial score (nSPS) is 11.0. The predicted molar refractivity (Wildman–Crippen MR) is 88.0 cm³/mol. The molecule has 5 nitrogen and oxygen atoms in total. The molecule has 2 aromatic heterocycles. The summed E-state index contributed by atoms with van der Waals surface area (Å²) < 4.78 is 0. The maximum Gasteiger partial charge on any atom is 0.261 e. The molecule has 0 unspecified atom stereocenters. The number of hydrogen-bond acceptors (Lipinski definition) is 5. The Balaban J connectivity index is 2.15. The third-order valence-electron chi connectivity index (χ3n) is 3.27. The van der Waals surface area contributed by atoms with E-state index in [0.29, 0.717) is 24.4 Å². The van der Waals surface area contributed by atoms with Crippen LogP contribution >= 0.6 is 11.3 Å². The fourth-order valence-corrected chi connectivity index (χ4v) is 3.47. The zero-order valence-electron chi connectivity index (χ0n) is 11.6. The standard InChI is InChI=1S/C15H16N4OS/c1-9-11-13(20)18-15(17-8-7-16)19-14(11)21-12(9)10-5-3-2-4-6-10/h2-6H,7-8,16H2,1H3,(H2,17,18,19,20). The van der Waals surface area contributed by atoms with Gasteiger partial charge in [-0.25, -0.2) is 4.98 Å². The number of thiophene rings is 1. The number of hydrogen-bond donors (Lipinski definition) is 3. The van der Waals surface area contributed by atoms with Gasteiger partial charge in [0.1, 0.15) is 4.83 Å². The Kier molecular flexibility index (Phi) is 3.72. The summed E-state index contributed by atoms with van der Waals surface area (Å²) in [4.78, 5) is 21.3. The smallest absolute Gasteiger partial charge is 0.261 e. The lowest BCUT2D eigenvalue weighted by molar-refractivity contribution is 0.991. The van der Waals surface area contributed by atoms with Gasteiger partial charge in [-0.2, -0.15) is 0 Å². The molecule has 0 saturated carbocycles. The zero-order chi connectivity index (χ0) is 14.8. The van der Waals surface area contributed by atoms with E-state index < -0.39 is 0 Å². The van der Waals surface area contributed by atoms with Gasteiger partial charge < -0.3 is 11.1 Å². The van der Waals surface area contributed by atoms with Crippen molar-refractivity contribution in [2.45, 2.75) is 6.92 Å². The number of rotatable bonds is 4. The zero-order valence-corrected chi connectivity index (χ0v) is 12.5. The summed E-state index contributed by atoms with van der Waals surface area (Å²) in [6.45, 7) is 3.02. The first-order chi connectivity index (χ1) is 10.2. The summed E-state index contributed by atoms with van der Waals surface area (Å²) >= 11 is 1.54. The van der Waals surface area contributed by atoms with Crippen molar-refractivity contribution >= 4 is 27.5 Å². The van der Waals surface area contributed by atoms with Crippen LogP contribution in [0.4, 0.5) is 5.95 Å². The van der Waals surface area contributed by atoms with E-state index in [1.165, 1.54) is 11.3 Å². The van der Waals surface area contributed by atoms with Gasteiger partial charge in [0, 0.05) is 18.0 Å². The molecule has 3 rings (SSSR count). The molecule has 0 aliphatic heterocycles. The molecule has 0 atom stereocenters. The molecule has 21 heavy (non-hydrogen) atoms. The van der Waals surface area contributed by atoms with Crippen molar-refractivity contribution in [1.82, 2.24) is 9.97 Å². The van der Waals surface area contributed by atoms with Crippen LogP contribution in [0.15, 0.2) is 35.1 Å². The van der Waals surface area contributed by atoms with E-state index >= 15 is 0 Å². The Bertz CT molecular complexity index is 823. The number of benzene rings is 1. The minimum Gasteiger partial charge on any atom is -0.354 e. The molecular weight excluding hydrogens is 284 g/mol. The second-order valence-electron chi connectivity index (χ2n) is 4.73. The molecule has 0 aliphatic carbocycles. The maximum absolute atomic E-state index is 12.3. The van der Waals surface area contributed by atoms with Gasteiger partial charge in [-0.1, -0.05) is 30.3 Å². The minimum atomic E-state index is -0.115. The van der Waals surface area contributed by atoms with E-state index in [2.05, 4.69) is 15.3 Å². The van der Waals surface area contributed by atoms with Crippen molar-refractivity contribution in [3.8, 4) is 10.4 Å². The van der Waals surface area contributed by atoms with E-state index in [0.717, 1.165) is 20.8 Å². The van der Waals surface area contributed by atoms with E-state index in [9.17, 15) is 4.79 Å². The van der Waals surface area contributed by atoms with Crippen molar-refractivity contribution < 1.29 is 0 Å². The van der Waals surface area contributed by atoms with Crippen LogP contribution in [0.25, 0.3) is 20.7 Å².